The molecule has 1 aromatic carbocycles. The molecule has 2 rings (SSSR count). The van der Waals surface area contributed by atoms with Crippen molar-refractivity contribution in [3.8, 4) is 5.75 Å². The third-order valence-electron chi connectivity index (χ3n) is 2.81. The first kappa shape index (κ1) is 10.9. The van der Waals surface area contributed by atoms with Crippen LogP contribution in [0, 0.1) is 0 Å². The fourth-order valence-electron chi connectivity index (χ4n) is 2.15. The molecule has 4 heteroatoms. The Morgan fingerprint density at radius 2 is 2.27 bits per heavy atom. The number of methoxy groups -OCH3 is 1. The minimum atomic E-state index is 0.384. The van der Waals surface area contributed by atoms with Crippen LogP contribution in [0.4, 0.5) is 0 Å². The lowest BCUT2D eigenvalue weighted by molar-refractivity contribution is 0.122. The van der Waals surface area contributed by atoms with E-state index in [0.29, 0.717) is 6.61 Å². The predicted octanol–water partition coefficient (Wildman–Crippen LogP) is 2.34. The van der Waals surface area contributed by atoms with Gasteiger partial charge in [0.05, 0.1) is 18.2 Å². The first-order valence-electron chi connectivity index (χ1n) is 4.96. The topological polar surface area (TPSA) is 44.5 Å². The third kappa shape index (κ3) is 1.89. The Hall–Kier alpha value is -0.580. The number of hydrogen-bond donors (Lipinski definition) is 1. The van der Waals surface area contributed by atoms with Gasteiger partial charge >= 0.3 is 0 Å². The maximum Gasteiger partial charge on any atom is 0.138 e. The number of aryl methyl sites for hydroxylation is 1. The largest absolute Gasteiger partial charge is 0.495 e. The second kappa shape index (κ2) is 4.51. The van der Waals surface area contributed by atoms with E-state index in [-0.39, 0.29) is 0 Å². The van der Waals surface area contributed by atoms with E-state index < -0.39 is 0 Å². The monoisotopic (exact) mass is 271 g/mol. The Bertz CT molecular complexity index is 379. The van der Waals surface area contributed by atoms with E-state index in [9.17, 15) is 0 Å². The maximum absolute atomic E-state index is 5.37. The summed E-state index contributed by atoms with van der Waals surface area (Å²) in [7, 11) is 1.67. The summed E-state index contributed by atoms with van der Waals surface area (Å²) in [5.74, 6) is 5.96. The molecule has 0 radical (unpaired) electrons. The van der Waals surface area contributed by atoms with Crippen molar-refractivity contribution < 1.29 is 9.57 Å². The molecule has 0 unspecified atom stereocenters. The van der Waals surface area contributed by atoms with Crippen molar-refractivity contribution in [1.29, 1.82) is 0 Å². The molecule has 0 aromatic heterocycles. The minimum absolute atomic E-state index is 0.384. The van der Waals surface area contributed by atoms with Gasteiger partial charge in [0.1, 0.15) is 5.75 Å². The molecular weight excluding hydrogens is 258 g/mol. The van der Waals surface area contributed by atoms with Crippen LogP contribution in [0.5, 0.6) is 5.75 Å². The van der Waals surface area contributed by atoms with Gasteiger partial charge in [-0.1, -0.05) is 0 Å². The normalized spacial score (nSPS) is 14.1. The summed E-state index contributed by atoms with van der Waals surface area (Å²) in [5, 5.41) is 0. The van der Waals surface area contributed by atoms with E-state index in [1.165, 1.54) is 17.5 Å². The zero-order valence-electron chi connectivity index (χ0n) is 8.68. The fraction of sp³-hybridized carbons (Fsp3) is 0.455. The summed E-state index contributed by atoms with van der Waals surface area (Å²) in [6.07, 6.45) is 3.47. The van der Waals surface area contributed by atoms with Crippen molar-refractivity contribution in [3.63, 3.8) is 0 Å². The van der Waals surface area contributed by atoms with Gasteiger partial charge in [0.15, 0.2) is 0 Å². The average Bonchev–Trinajstić information content (AvgIpc) is 2.67. The summed E-state index contributed by atoms with van der Waals surface area (Å²) < 4.78 is 6.43. The number of ether oxygens (including phenoxy) is 1. The number of nitrogens with two attached hydrogens (primary N) is 1. The summed E-state index contributed by atoms with van der Waals surface area (Å²) in [4.78, 5) is 4.68. The molecule has 1 aromatic rings. The van der Waals surface area contributed by atoms with Crippen LogP contribution in [0.3, 0.4) is 0 Å². The van der Waals surface area contributed by atoms with E-state index in [1.54, 1.807) is 7.11 Å². The number of halogens is 1. The Kier molecular flexibility index (Phi) is 3.29. The van der Waals surface area contributed by atoms with Gasteiger partial charge in [0.25, 0.3) is 0 Å². The van der Waals surface area contributed by atoms with E-state index in [4.69, 9.17) is 10.6 Å². The zero-order chi connectivity index (χ0) is 10.8. The molecule has 0 atom stereocenters. The van der Waals surface area contributed by atoms with Crippen LogP contribution >= 0.6 is 15.9 Å². The van der Waals surface area contributed by atoms with Crippen molar-refractivity contribution in [2.24, 2.45) is 5.90 Å². The molecule has 2 N–H and O–H groups in total. The van der Waals surface area contributed by atoms with Crippen molar-refractivity contribution in [2.75, 3.05) is 7.11 Å². The Morgan fingerprint density at radius 1 is 1.47 bits per heavy atom. The summed E-state index contributed by atoms with van der Waals surface area (Å²) in [5.41, 5.74) is 3.76. The summed E-state index contributed by atoms with van der Waals surface area (Å²) in [6.45, 7) is 0.384. The highest BCUT2D eigenvalue weighted by Crippen LogP contribution is 2.39. The standard InChI is InChI=1S/C11H14BrNO2/c1-14-11-8(6-15-13)5-7-3-2-4-9(7)10(11)12/h5H,2-4,6,13H2,1H3. The molecule has 0 heterocycles. The van der Waals surface area contributed by atoms with Gasteiger partial charge in [-0.25, -0.2) is 5.90 Å². The van der Waals surface area contributed by atoms with E-state index in [0.717, 1.165) is 28.6 Å². The molecule has 15 heavy (non-hydrogen) atoms. The van der Waals surface area contributed by atoms with Crippen LogP contribution in [0.1, 0.15) is 23.1 Å². The van der Waals surface area contributed by atoms with Crippen LogP contribution in [-0.4, -0.2) is 7.11 Å². The van der Waals surface area contributed by atoms with E-state index in [2.05, 4.69) is 26.8 Å². The molecular formula is C11H14BrNO2. The summed E-state index contributed by atoms with van der Waals surface area (Å²) >= 11 is 3.59. The molecule has 0 saturated carbocycles. The molecule has 0 aliphatic heterocycles. The van der Waals surface area contributed by atoms with Gasteiger partial charge in [-0.15, -0.1) is 0 Å². The van der Waals surface area contributed by atoms with Crippen molar-refractivity contribution in [2.45, 2.75) is 25.9 Å². The fourth-order valence-corrected chi connectivity index (χ4v) is 3.02. The van der Waals surface area contributed by atoms with Crippen molar-refractivity contribution >= 4 is 15.9 Å². The highest BCUT2D eigenvalue weighted by atomic mass is 79.9. The van der Waals surface area contributed by atoms with Gasteiger partial charge in [0, 0.05) is 5.56 Å². The van der Waals surface area contributed by atoms with Crippen LogP contribution < -0.4 is 10.6 Å². The van der Waals surface area contributed by atoms with Gasteiger partial charge in [-0.05, 0) is 52.4 Å². The molecule has 0 bridgehead atoms. The highest BCUT2D eigenvalue weighted by molar-refractivity contribution is 9.10. The molecule has 0 spiro atoms. The van der Waals surface area contributed by atoms with E-state index in [1.807, 2.05) is 0 Å². The lowest BCUT2D eigenvalue weighted by atomic mass is 10.1. The first-order chi connectivity index (χ1) is 7.27. The van der Waals surface area contributed by atoms with Crippen molar-refractivity contribution in [3.05, 3.63) is 27.2 Å². The van der Waals surface area contributed by atoms with Crippen molar-refractivity contribution in [1.82, 2.24) is 0 Å². The lowest BCUT2D eigenvalue weighted by Gasteiger charge is -2.13. The Morgan fingerprint density at radius 3 is 2.93 bits per heavy atom. The molecule has 0 saturated heterocycles. The van der Waals surface area contributed by atoms with Crippen LogP contribution in [0.2, 0.25) is 0 Å². The smallest absolute Gasteiger partial charge is 0.138 e. The Labute approximate surface area is 97.6 Å². The van der Waals surface area contributed by atoms with E-state index >= 15 is 0 Å². The number of benzene rings is 1. The number of rotatable bonds is 3. The maximum atomic E-state index is 5.37. The Balaban J connectivity index is 2.51. The summed E-state index contributed by atoms with van der Waals surface area (Å²) in [6, 6.07) is 2.14. The average molecular weight is 272 g/mol. The molecule has 1 aliphatic rings. The SMILES string of the molecule is COc1c(CON)cc2c(c1Br)CCC2. The highest BCUT2D eigenvalue weighted by Gasteiger charge is 2.20. The number of fused-ring (bicyclic) bond motifs is 1. The van der Waals surface area contributed by atoms with Crippen LogP contribution in [0.25, 0.3) is 0 Å². The van der Waals surface area contributed by atoms with Gasteiger partial charge in [0.2, 0.25) is 0 Å². The van der Waals surface area contributed by atoms with Gasteiger partial charge in [-0.2, -0.15) is 0 Å². The van der Waals surface area contributed by atoms with Crippen LogP contribution in [-0.2, 0) is 24.3 Å². The molecule has 3 nitrogen and oxygen atoms in total. The first-order valence-corrected chi connectivity index (χ1v) is 5.76. The molecule has 1 aliphatic carbocycles. The lowest BCUT2D eigenvalue weighted by Crippen LogP contribution is -2.03. The predicted molar refractivity (Wildman–Crippen MR) is 61.7 cm³/mol. The van der Waals surface area contributed by atoms with Gasteiger partial charge < -0.3 is 4.74 Å². The number of hydrogen-bond acceptors (Lipinski definition) is 3. The molecule has 0 fully saturated rings. The second-order valence-corrected chi connectivity index (χ2v) is 4.48. The van der Waals surface area contributed by atoms with Gasteiger partial charge in [-0.3, -0.25) is 4.84 Å². The second-order valence-electron chi connectivity index (χ2n) is 3.69. The third-order valence-corrected chi connectivity index (χ3v) is 3.65. The molecule has 82 valence electrons. The quantitative estimate of drug-likeness (QED) is 0.859. The minimum Gasteiger partial charge on any atom is -0.495 e. The zero-order valence-corrected chi connectivity index (χ0v) is 10.3. The van der Waals surface area contributed by atoms with Crippen LogP contribution in [0.15, 0.2) is 10.5 Å². The molecule has 0 amide bonds.